The molecule has 11 aromatic carbocycles. The van der Waals surface area contributed by atoms with Crippen molar-refractivity contribution in [2.24, 2.45) is 0 Å². The van der Waals surface area contributed by atoms with E-state index >= 15 is 0 Å². The first-order valence-corrected chi connectivity index (χ1v) is 24.6. The maximum atomic E-state index is 2.53. The fourth-order valence-corrected chi connectivity index (χ4v) is 11.3. The van der Waals surface area contributed by atoms with Crippen molar-refractivity contribution in [2.75, 3.05) is 0 Å². The van der Waals surface area contributed by atoms with Gasteiger partial charge in [0, 0.05) is 5.41 Å². The number of benzene rings is 11. The smallest absolute Gasteiger partial charge is 0.0159 e. The first-order chi connectivity index (χ1) is 34.4. The predicted molar refractivity (Wildman–Crippen MR) is 296 cm³/mol. The van der Waals surface area contributed by atoms with Crippen LogP contribution in [-0.2, 0) is 11.8 Å². The highest BCUT2D eigenvalue weighted by atomic mass is 14.4. The summed E-state index contributed by atoms with van der Waals surface area (Å²) in [5.41, 5.74) is 30.5. The van der Waals surface area contributed by atoms with Crippen molar-refractivity contribution in [2.45, 2.75) is 25.7 Å². The average Bonchev–Trinajstić information content (AvgIpc) is 3.90. The molecule has 0 saturated heterocycles. The van der Waals surface area contributed by atoms with Gasteiger partial charge in [-0.1, -0.05) is 202 Å². The van der Waals surface area contributed by atoms with Gasteiger partial charge in [-0.05, 0) is 207 Å². The Kier molecular flexibility index (Phi) is 10.0. The van der Waals surface area contributed by atoms with Gasteiger partial charge in [0.15, 0.2) is 0 Å². The third-order valence-corrected chi connectivity index (χ3v) is 15.0. The number of fused-ring (bicyclic) bond motifs is 6. The molecule has 0 fully saturated rings. The summed E-state index contributed by atoms with van der Waals surface area (Å²) in [4.78, 5) is 0. The number of rotatable bonds is 8. The Balaban J connectivity index is 0.834. The van der Waals surface area contributed by atoms with Gasteiger partial charge in [-0.2, -0.15) is 0 Å². The van der Waals surface area contributed by atoms with Crippen LogP contribution in [0.1, 0.15) is 36.1 Å². The van der Waals surface area contributed by atoms with Crippen LogP contribution in [0, 0.1) is 0 Å². The number of hydrogen-bond donors (Lipinski definition) is 0. The monoisotopic (exact) mass is 890 g/mol. The standard InChI is InChI=1S/C70H50/c1-70(2)68-43-55(51-26-16-28-53(34-51)62-40-59(48-21-11-5-12-22-48)37-60(41-62)49-23-13-6-14-24-49)31-32-64(68)67-45-66-63(44-69(67)70)35-56-30-29-54(42-65(56)66)50-25-15-27-52(33-50)61-38-57(46-17-7-3-8-18-46)36-58(39-61)47-19-9-4-10-20-47/h3-34,36-45H,35H2,1-2H3. The van der Waals surface area contributed by atoms with Gasteiger partial charge in [0.2, 0.25) is 0 Å². The van der Waals surface area contributed by atoms with Gasteiger partial charge in [-0.3, -0.25) is 0 Å². The summed E-state index contributed by atoms with van der Waals surface area (Å²) in [5, 5.41) is 0. The van der Waals surface area contributed by atoms with E-state index in [1.54, 1.807) is 0 Å². The van der Waals surface area contributed by atoms with E-state index < -0.39 is 0 Å². The second-order valence-corrected chi connectivity index (χ2v) is 19.7. The molecule has 0 N–H and O–H groups in total. The Hall–Kier alpha value is -8.58. The fourth-order valence-electron chi connectivity index (χ4n) is 11.3. The third-order valence-electron chi connectivity index (χ3n) is 15.0. The van der Waals surface area contributed by atoms with Crippen LogP contribution >= 0.6 is 0 Å². The van der Waals surface area contributed by atoms with E-state index in [1.165, 1.54) is 134 Å². The first kappa shape index (κ1) is 41.6. The van der Waals surface area contributed by atoms with E-state index in [-0.39, 0.29) is 5.41 Å². The topological polar surface area (TPSA) is 0 Å². The highest BCUT2D eigenvalue weighted by Gasteiger charge is 2.37. The van der Waals surface area contributed by atoms with Gasteiger partial charge in [-0.15, -0.1) is 0 Å². The average molecular weight is 891 g/mol. The molecule has 0 heteroatoms. The quantitative estimate of drug-likeness (QED) is 0.143. The minimum atomic E-state index is -0.138. The summed E-state index contributed by atoms with van der Waals surface area (Å²) < 4.78 is 0. The predicted octanol–water partition coefficient (Wildman–Crippen LogP) is 18.9. The summed E-state index contributed by atoms with van der Waals surface area (Å²) in [6.07, 6.45) is 0.953. The molecule has 0 atom stereocenters. The molecule has 11 aromatic rings. The molecule has 0 saturated carbocycles. The van der Waals surface area contributed by atoms with E-state index in [0.717, 1.165) is 6.42 Å². The van der Waals surface area contributed by atoms with Crippen molar-refractivity contribution in [1.82, 2.24) is 0 Å². The Morgan fingerprint density at radius 3 is 1.00 bits per heavy atom. The lowest BCUT2D eigenvalue weighted by molar-refractivity contribution is 0.660. The first-order valence-electron chi connectivity index (χ1n) is 24.6. The van der Waals surface area contributed by atoms with E-state index in [1.807, 2.05) is 0 Å². The zero-order valence-electron chi connectivity index (χ0n) is 39.5. The van der Waals surface area contributed by atoms with Crippen molar-refractivity contribution in [3.8, 4) is 111 Å². The fraction of sp³-hybridized carbons (Fsp3) is 0.0571. The molecule has 0 heterocycles. The summed E-state index contributed by atoms with van der Waals surface area (Å²) >= 11 is 0. The highest BCUT2D eigenvalue weighted by Crippen LogP contribution is 2.53. The molecule has 70 heavy (non-hydrogen) atoms. The molecule has 2 aliphatic carbocycles. The van der Waals surface area contributed by atoms with Gasteiger partial charge in [0.25, 0.3) is 0 Å². The lowest BCUT2D eigenvalue weighted by Gasteiger charge is -2.23. The van der Waals surface area contributed by atoms with Crippen molar-refractivity contribution in [3.05, 3.63) is 277 Å². The van der Waals surface area contributed by atoms with Crippen molar-refractivity contribution < 1.29 is 0 Å². The molecule has 0 bridgehead atoms. The van der Waals surface area contributed by atoms with Crippen molar-refractivity contribution in [3.63, 3.8) is 0 Å². The minimum absolute atomic E-state index is 0.138. The molecule has 0 nitrogen and oxygen atoms in total. The van der Waals surface area contributed by atoms with E-state index in [2.05, 4.69) is 269 Å². The molecular weight excluding hydrogens is 841 g/mol. The summed E-state index contributed by atoms with van der Waals surface area (Å²) in [5.74, 6) is 0. The Morgan fingerprint density at radius 2 is 0.543 bits per heavy atom. The van der Waals surface area contributed by atoms with Gasteiger partial charge in [0.1, 0.15) is 0 Å². The molecule has 0 aliphatic heterocycles. The Labute approximate surface area is 411 Å². The minimum Gasteiger partial charge on any atom is -0.0622 e. The Bertz CT molecular complexity index is 3670. The van der Waals surface area contributed by atoms with Crippen LogP contribution in [-0.4, -0.2) is 0 Å². The maximum Gasteiger partial charge on any atom is 0.0159 e. The van der Waals surface area contributed by atoms with Crippen molar-refractivity contribution in [1.29, 1.82) is 0 Å². The zero-order valence-corrected chi connectivity index (χ0v) is 39.5. The molecular formula is C70H50. The van der Waals surface area contributed by atoms with Gasteiger partial charge < -0.3 is 0 Å². The highest BCUT2D eigenvalue weighted by molar-refractivity contribution is 5.92. The molecule has 0 unspecified atom stereocenters. The van der Waals surface area contributed by atoms with E-state index in [4.69, 9.17) is 0 Å². The Morgan fingerprint density at radius 1 is 0.214 bits per heavy atom. The lowest BCUT2D eigenvalue weighted by Crippen LogP contribution is -2.15. The number of hydrogen-bond acceptors (Lipinski definition) is 0. The van der Waals surface area contributed by atoms with Crippen LogP contribution in [0.2, 0.25) is 0 Å². The van der Waals surface area contributed by atoms with Crippen LogP contribution in [0.3, 0.4) is 0 Å². The summed E-state index contributed by atoms with van der Waals surface area (Å²) in [6, 6.07) is 94.5. The normalized spacial score (nSPS) is 12.8. The summed E-state index contributed by atoms with van der Waals surface area (Å²) in [7, 11) is 0. The zero-order chi connectivity index (χ0) is 46.8. The van der Waals surface area contributed by atoms with Crippen LogP contribution in [0.25, 0.3) is 111 Å². The van der Waals surface area contributed by atoms with Crippen molar-refractivity contribution >= 4 is 0 Å². The largest absolute Gasteiger partial charge is 0.0622 e. The van der Waals surface area contributed by atoms with Gasteiger partial charge in [-0.25, -0.2) is 0 Å². The van der Waals surface area contributed by atoms with Crippen LogP contribution in [0.5, 0.6) is 0 Å². The van der Waals surface area contributed by atoms with Crippen LogP contribution < -0.4 is 0 Å². The lowest BCUT2D eigenvalue weighted by atomic mass is 9.80. The molecule has 2 aliphatic rings. The summed E-state index contributed by atoms with van der Waals surface area (Å²) in [6.45, 7) is 4.83. The second kappa shape index (κ2) is 16.9. The van der Waals surface area contributed by atoms with Gasteiger partial charge >= 0.3 is 0 Å². The van der Waals surface area contributed by atoms with E-state index in [9.17, 15) is 0 Å². The second-order valence-electron chi connectivity index (χ2n) is 19.7. The maximum absolute atomic E-state index is 2.53. The SMILES string of the molecule is CC1(C)c2cc(-c3cccc(-c4cc(-c5ccccc5)cc(-c5ccccc5)c4)c3)ccc2-c2cc3c(cc21)Cc1ccc(-c2cccc(-c4cc(-c5ccccc5)cc(-c5ccccc5)c4)c2)cc1-3. The third kappa shape index (κ3) is 7.41. The molecule has 0 aromatic heterocycles. The molecule has 13 rings (SSSR count). The van der Waals surface area contributed by atoms with E-state index in [0.29, 0.717) is 0 Å². The molecule has 0 radical (unpaired) electrons. The van der Waals surface area contributed by atoms with Crippen LogP contribution in [0.15, 0.2) is 255 Å². The molecule has 330 valence electrons. The van der Waals surface area contributed by atoms with Crippen LogP contribution in [0.4, 0.5) is 0 Å². The molecule has 0 amide bonds. The van der Waals surface area contributed by atoms with Gasteiger partial charge in [0.05, 0.1) is 0 Å². The molecule has 0 spiro atoms.